The van der Waals surface area contributed by atoms with Crippen molar-refractivity contribution in [3.8, 4) is 11.3 Å². The summed E-state index contributed by atoms with van der Waals surface area (Å²) in [7, 11) is 0. The van der Waals surface area contributed by atoms with Gasteiger partial charge in [-0.15, -0.1) is 0 Å². The lowest BCUT2D eigenvalue weighted by Crippen LogP contribution is -2.07. The maximum absolute atomic E-state index is 12.7. The number of carbonyl (C=O) groups is 1. The van der Waals surface area contributed by atoms with Crippen LogP contribution in [0.1, 0.15) is 22.8 Å². The maximum Gasteiger partial charge on any atom is 0.416 e. The molecule has 0 bridgehead atoms. The monoisotopic (exact) mass is 334 g/mol. The molecular weight excluding hydrogens is 321 g/mol. The zero-order valence-corrected chi connectivity index (χ0v) is 12.7. The number of aromatic nitrogens is 2. The Balaban J connectivity index is 2.17. The van der Waals surface area contributed by atoms with E-state index in [0.29, 0.717) is 16.8 Å². The number of benzene rings is 1. The van der Waals surface area contributed by atoms with Gasteiger partial charge in [0.05, 0.1) is 28.9 Å². The highest BCUT2D eigenvalue weighted by atomic mass is 19.4. The molecule has 0 amide bonds. The van der Waals surface area contributed by atoms with E-state index in [-0.39, 0.29) is 12.2 Å². The highest BCUT2D eigenvalue weighted by molar-refractivity contribution is 5.98. The second-order valence-corrected chi connectivity index (χ2v) is 5.06. The van der Waals surface area contributed by atoms with Crippen LogP contribution < -0.4 is 0 Å². The predicted octanol–water partition coefficient (Wildman–Crippen LogP) is 4.20. The summed E-state index contributed by atoms with van der Waals surface area (Å²) in [6.45, 7) is 1.88. The zero-order chi connectivity index (χ0) is 17.3. The predicted molar refractivity (Wildman–Crippen MR) is 81.6 cm³/mol. The second kappa shape index (κ2) is 5.99. The van der Waals surface area contributed by atoms with Gasteiger partial charge in [0, 0.05) is 11.8 Å². The molecule has 0 N–H and O–H groups in total. The molecule has 2 aromatic heterocycles. The highest BCUT2D eigenvalue weighted by Gasteiger charge is 2.30. The number of hydrogen-bond acceptors (Lipinski definition) is 3. The lowest BCUT2D eigenvalue weighted by molar-refractivity contribution is -0.137. The first-order valence-corrected chi connectivity index (χ1v) is 7.23. The molecule has 4 nitrogen and oxygen atoms in total. The molecule has 0 radical (unpaired) electrons. The van der Waals surface area contributed by atoms with Crippen LogP contribution in [-0.4, -0.2) is 22.2 Å². The van der Waals surface area contributed by atoms with Crippen molar-refractivity contribution in [1.29, 1.82) is 0 Å². The molecule has 0 aliphatic carbocycles. The number of halogens is 3. The number of rotatable bonds is 3. The molecule has 0 spiro atoms. The summed E-state index contributed by atoms with van der Waals surface area (Å²) < 4.78 is 44.7. The Hall–Kier alpha value is -2.83. The molecular formula is C17H13F3N2O2. The first-order chi connectivity index (χ1) is 11.4. The van der Waals surface area contributed by atoms with Crippen molar-refractivity contribution in [3.63, 3.8) is 0 Å². The number of alkyl halides is 3. The standard InChI is InChI=1S/C17H13F3N2O2/c1-2-24-16(23)14-10-13-4-3-9-21-22(13)15(14)11-5-7-12(8-6-11)17(18,19)20/h3-10H,2H2,1H3. The molecule has 0 atom stereocenters. The molecule has 124 valence electrons. The summed E-state index contributed by atoms with van der Waals surface area (Å²) >= 11 is 0. The van der Waals surface area contributed by atoms with E-state index in [4.69, 9.17) is 4.74 Å². The van der Waals surface area contributed by atoms with Gasteiger partial charge in [-0.1, -0.05) is 12.1 Å². The number of ether oxygens (including phenoxy) is 1. The zero-order valence-electron chi connectivity index (χ0n) is 12.7. The summed E-state index contributed by atoms with van der Waals surface area (Å²) in [5, 5.41) is 4.18. The van der Waals surface area contributed by atoms with E-state index in [0.717, 1.165) is 12.1 Å². The number of nitrogens with zero attached hydrogens (tertiary/aromatic N) is 2. The van der Waals surface area contributed by atoms with Crippen molar-refractivity contribution in [3.05, 3.63) is 59.8 Å². The Morgan fingerprint density at radius 3 is 2.54 bits per heavy atom. The van der Waals surface area contributed by atoms with Gasteiger partial charge in [-0.05, 0) is 37.3 Å². The normalized spacial score (nSPS) is 11.7. The van der Waals surface area contributed by atoms with Gasteiger partial charge in [0.2, 0.25) is 0 Å². The fraction of sp³-hybridized carbons (Fsp3) is 0.176. The van der Waals surface area contributed by atoms with Gasteiger partial charge in [-0.25, -0.2) is 9.31 Å². The van der Waals surface area contributed by atoms with E-state index >= 15 is 0 Å². The molecule has 1 aromatic carbocycles. The minimum Gasteiger partial charge on any atom is -0.462 e. The van der Waals surface area contributed by atoms with E-state index in [1.165, 1.54) is 22.8 Å². The Labute approximate surface area is 135 Å². The van der Waals surface area contributed by atoms with Crippen LogP contribution in [0.5, 0.6) is 0 Å². The van der Waals surface area contributed by atoms with Gasteiger partial charge in [0.15, 0.2) is 0 Å². The Bertz CT molecular complexity index is 883. The van der Waals surface area contributed by atoms with Gasteiger partial charge < -0.3 is 4.74 Å². The van der Waals surface area contributed by atoms with Crippen LogP contribution in [-0.2, 0) is 10.9 Å². The number of hydrogen-bond donors (Lipinski definition) is 0. The third-order valence-corrected chi connectivity index (χ3v) is 3.52. The lowest BCUT2D eigenvalue weighted by atomic mass is 10.1. The lowest BCUT2D eigenvalue weighted by Gasteiger charge is -2.09. The topological polar surface area (TPSA) is 43.6 Å². The molecule has 0 aliphatic rings. The van der Waals surface area contributed by atoms with Crippen molar-refractivity contribution in [2.75, 3.05) is 6.61 Å². The SMILES string of the molecule is CCOC(=O)c1cc2cccnn2c1-c1ccc(C(F)(F)F)cc1. The molecule has 24 heavy (non-hydrogen) atoms. The second-order valence-electron chi connectivity index (χ2n) is 5.06. The maximum atomic E-state index is 12.7. The summed E-state index contributed by atoms with van der Waals surface area (Å²) in [5.74, 6) is -0.544. The highest BCUT2D eigenvalue weighted by Crippen LogP contribution is 2.32. The fourth-order valence-corrected chi connectivity index (χ4v) is 2.47. The van der Waals surface area contributed by atoms with Crippen LogP contribution >= 0.6 is 0 Å². The molecule has 7 heteroatoms. The van der Waals surface area contributed by atoms with Crippen molar-refractivity contribution < 1.29 is 22.7 Å². The fourth-order valence-electron chi connectivity index (χ4n) is 2.47. The van der Waals surface area contributed by atoms with Crippen LogP contribution in [0.3, 0.4) is 0 Å². The van der Waals surface area contributed by atoms with Gasteiger partial charge in [0.1, 0.15) is 0 Å². The Kier molecular flexibility index (Phi) is 4.01. The Morgan fingerprint density at radius 2 is 1.92 bits per heavy atom. The third kappa shape index (κ3) is 2.84. The minimum absolute atomic E-state index is 0.199. The minimum atomic E-state index is -4.41. The summed E-state index contributed by atoms with van der Waals surface area (Å²) in [5.41, 5.74) is 1.01. The number of esters is 1. The molecule has 0 aliphatic heterocycles. The summed E-state index contributed by atoms with van der Waals surface area (Å²) in [6.07, 6.45) is -2.88. The Morgan fingerprint density at radius 1 is 1.21 bits per heavy atom. The van der Waals surface area contributed by atoms with Crippen molar-refractivity contribution in [2.24, 2.45) is 0 Å². The first-order valence-electron chi connectivity index (χ1n) is 7.23. The molecule has 2 heterocycles. The van der Waals surface area contributed by atoms with E-state index in [9.17, 15) is 18.0 Å². The molecule has 3 aromatic rings. The average molecular weight is 334 g/mol. The summed E-state index contributed by atoms with van der Waals surface area (Å²) in [6, 6.07) is 9.67. The van der Waals surface area contributed by atoms with E-state index in [1.54, 1.807) is 25.1 Å². The van der Waals surface area contributed by atoms with Crippen LogP contribution in [0, 0.1) is 0 Å². The van der Waals surface area contributed by atoms with Gasteiger partial charge in [-0.2, -0.15) is 18.3 Å². The average Bonchev–Trinajstić information content (AvgIpc) is 2.94. The van der Waals surface area contributed by atoms with E-state index < -0.39 is 17.7 Å². The van der Waals surface area contributed by atoms with Crippen LogP contribution in [0.15, 0.2) is 48.7 Å². The van der Waals surface area contributed by atoms with Gasteiger partial charge in [0.25, 0.3) is 0 Å². The van der Waals surface area contributed by atoms with Crippen molar-refractivity contribution in [2.45, 2.75) is 13.1 Å². The smallest absolute Gasteiger partial charge is 0.416 e. The molecule has 0 fully saturated rings. The molecule has 3 rings (SSSR count). The van der Waals surface area contributed by atoms with Gasteiger partial charge in [-0.3, -0.25) is 0 Å². The number of carbonyl (C=O) groups excluding carboxylic acids is 1. The van der Waals surface area contributed by atoms with Crippen molar-refractivity contribution >= 4 is 11.5 Å². The number of fused-ring (bicyclic) bond motifs is 1. The quantitative estimate of drug-likeness (QED) is 0.674. The third-order valence-electron chi connectivity index (χ3n) is 3.52. The van der Waals surface area contributed by atoms with E-state index in [1.807, 2.05) is 0 Å². The van der Waals surface area contributed by atoms with Gasteiger partial charge >= 0.3 is 12.1 Å². The summed E-state index contributed by atoms with van der Waals surface area (Å²) in [4.78, 5) is 12.2. The van der Waals surface area contributed by atoms with Crippen molar-refractivity contribution in [1.82, 2.24) is 9.61 Å². The van der Waals surface area contributed by atoms with Crippen LogP contribution in [0.4, 0.5) is 13.2 Å². The molecule has 0 saturated heterocycles. The molecule has 0 unspecified atom stereocenters. The first kappa shape index (κ1) is 16.0. The van der Waals surface area contributed by atoms with Crippen LogP contribution in [0.25, 0.3) is 16.8 Å². The molecule has 0 saturated carbocycles. The van der Waals surface area contributed by atoms with E-state index in [2.05, 4.69) is 5.10 Å². The van der Waals surface area contributed by atoms with Crippen LogP contribution in [0.2, 0.25) is 0 Å². The largest absolute Gasteiger partial charge is 0.462 e.